The van der Waals surface area contributed by atoms with Gasteiger partial charge in [0.1, 0.15) is 0 Å². The molecule has 3 rings (SSSR count). The standard InChI is InChI=1S/C22H21NO5/c1-4-11-28-22(27)15-7-9-17(10-8-15)23-20(25)18(19(24)21(23)26)16-6-5-13(2)14(3)12-16/h5-10,12,24H,4,11H2,1-3H3. The number of imide groups is 1. The second kappa shape index (κ2) is 7.68. The smallest absolute Gasteiger partial charge is 0.338 e. The summed E-state index contributed by atoms with van der Waals surface area (Å²) in [6, 6.07) is 11.2. The highest BCUT2D eigenvalue weighted by Gasteiger charge is 2.40. The Morgan fingerprint density at radius 2 is 1.68 bits per heavy atom. The number of aliphatic hydroxyl groups excluding tert-OH is 1. The molecule has 1 aliphatic heterocycles. The van der Waals surface area contributed by atoms with Crippen LogP contribution in [0.2, 0.25) is 0 Å². The molecule has 0 saturated heterocycles. The Kier molecular flexibility index (Phi) is 5.31. The first kappa shape index (κ1) is 19.4. The van der Waals surface area contributed by atoms with E-state index in [1.165, 1.54) is 24.3 Å². The van der Waals surface area contributed by atoms with E-state index in [2.05, 4.69) is 0 Å². The maximum atomic E-state index is 12.9. The van der Waals surface area contributed by atoms with Gasteiger partial charge in [-0.15, -0.1) is 0 Å². The number of benzene rings is 2. The van der Waals surface area contributed by atoms with Gasteiger partial charge in [0.2, 0.25) is 0 Å². The molecule has 0 fully saturated rings. The van der Waals surface area contributed by atoms with Crippen molar-refractivity contribution in [3.8, 4) is 0 Å². The number of rotatable bonds is 5. The van der Waals surface area contributed by atoms with Crippen molar-refractivity contribution in [1.29, 1.82) is 0 Å². The molecule has 0 unspecified atom stereocenters. The van der Waals surface area contributed by atoms with Crippen LogP contribution in [0.25, 0.3) is 5.57 Å². The van der Waals surface area contributed by atoms with Crippen LogP contribution in [0.15, 0.2) is 48.2 Å². The topological polar surface area (TPSA) is 83.9 Å². The van der Waals surface area contributed by atoms with Crippen molar-refractivity contribution in [2.24, 2.45) is 0 Å². The molecule has 144 valence electrons. The van der Waals surface area contributed by atoms with Crippen molar-refractivity contribution in [2.75, 3.05) is 11.5 Å². The fraction of sp³-hybridized carbons (Fsp3) is 0.227. The molecule has 0 spiro atoms. The van der Waals surface area contributed by atoms with E-state index in [9.17, 15) is 19.5 Å². The molecule has 2 amide bonds. The number of carbonyl (C=O) groups is 3. The van der Waals surface area contributed by atoms with Gasteiger partial charge in [0, 0.05) is 0 Å². The molecule has 6 nitrogen and oxygen atoms in total. The van der Waals surface area contributed by atoms with Crippen molar-refractivity contribution in [3.63, 3.8) is 0 Å². The second-order valence-electron chi connectivity index (χ2n) is 6.65. The van der Waals surface area contributed by atoms with E-state index in [1.54, 1.807) is 12.1 Å². The van der Waals surface area contributed by atoms with E-state index in [-0.39, 0.29) is 11.3 Å². The van der Waals surface area contributed by atoms with Crippen LogP contribution in [0, 0.1) is 13.8 Å². The number of amides is 2. The summed E-state index contributed by atoms with van der Waals surface area (Å²) in [4.78, 5) is 38.2. The highest BCUT2D eigenvalue weighted by Crippen LogP contribution is 2.32. The zero-order chi connectivity index (χ0) is 20.4. The van der Waals surface area contributed by atoms with Crippen LogP contribution in [-0.2, 0) is 14.3 Å². The molecule has 0 aromatic heterocycles. The summed E-state index contributed by atoms with van der Waals surface area (Å²) < 4.78 is 5.06. The first-order valence-corrected chi connectivity index (χ1v) is 9.02. The van der Waals surface area contributed by atoms with Gasteiger partial charge < -0.3 is 9.84 Å². The van der Waals surface area contributed by atoms with Crippen molar-refractivity contribution < 1.29 is 24.2 Å². The summed E-state index contributed by atoms with van der Waals surface area (Å²) in [6.07, 6.45) is 0.715. The SMILES string of the molecule is CCCOC(=O)c1ccc(N2C(=O)C(O)=C(c3ccc(C)c(C)c3)C2=O)cc1. The predicted octanol–water partition coefficient (Wildman–Crippen LogP) is 3.71. The number of nitrogens with zero attached hydrogens (tertiary/aromatic N) is 1. The fourth-order valence-corrected chi connectivity index (χ4v) is 2.93. The minimum atomic E-state index is -0.792. The molecular formula is C22H21NO5. The van der Waals surface area contributed by atoms with Crippen molar-refractivity contribution >= 4 is 29.0 Å². The Labute approximate surface area is 163 Å². The fourth-order valence-electron chi connectivity index (χ4n) is 2.93. The van der Waals surface area contributed by atoms with Crippen LogP contribution in [0.4, 0.5) is 5.69 Å². The van der Waals surface area contributed by atoms with Crippen LogP contribution < -0.4 is 4.90 Å². The monoisotopic (exact) mass is 379 g/mol. The third kappa shape index (κ3) is 3.41. The van der Waals surface area contributed by atoms with Crippen LogP contribution in [0.1, 0.15) is 40.4 Å². The van der Waals surface area contributed by atoms with Crippen LogP contribution in [-0.4, -0.2) is 29.5 Å². The average molecular weight is 379 g/mol. The minimum Gasteiger partial charge on any atom is -0.502 e. The Morgan fingerprint density at radius 1 is 1.00 bits per heavy atom. The number of ether oxygens (including phenoxy) is 1. The van der Waals surface area contributed by atoms with Crippen molar-refractivity contribution in [3.05, 3.63) is 70.5 Å². The molecule has 6 heteroatoms. The van der Waals surface area contributed by atoms with Crippen LogP contribution in [0.3, 0.4) is 0 Å². The third-order valence-corrected chi connectivity index (χ3v) is 4.65. The van der Waals surface area contributed by atoms with E-state index in [0.29, 0.717) is 24.2 Å². The molecule has 28 heavy (non-hydrogen) atoms. The normalized spacial score (nSPS) is 14.0. The zero-order valence-electron chi connectivity index (χ0n) is 16.0. The number of hydrogen-bond acceptors (Lipinski definition) is 5. The average Bonchev–Trinajstić information content (AvgIpc) is 2.91. The summed E-state index contributed by atoms with van der Waals surface area (Å²) in [5, 5.41) is 10.3. The molecule has 0 saturated carbocycles. The molecule has 0 radical (unpaired) electrons. The lowest BCUT2D eigenvalue weighted by Gasteiger charge is -2.15. The number of carbonyl (C=O) groups excluding carboxylic acids is 3. The van der Waals surface area contributed by atoms with Gasteiger partial charge in [-0.25, -0.2) is 9.69 Å². The minimum absolute atomic E-state index is 0.0282. The summed E-state index contributed by atoms with van der Waals surface area (Å²) in [5.74, 6) is -2.45. The molecule has 2 aromatic carbocycles. The lowest BCUT2D eigenvalue weighted by atomic mass is 10.00. The number of esters is 1. The lowest BCUT2D eigenvalue weighted by Crippen LogP contribution is -2.31. The summed E-state index contributed by atoms with van der Waals surface area (Å²) in [6.45, 7) is 6.05. The summed E-state index contributed by atoms with van der Waals surface area (Å²) >= 11 is 0. The highest BCUT2D eigenvalue weighted by atomic mass is 16.5. The summed E-state index contributed by atoms with van der Waals surface area (Å²) in [5.41, 5.74) is 3.05. The van der Waals surface area contributed by atoms with E-state index >= 15 is 0 Å². The van der Waals surface area contributed by atoms with Gasteiger partial charge in [-0.05, 0) is 61.2 Å². The molecule has 0 bridgehead atoms. The first-order valence-electron chi connectivity index (χ1n) is 9.02. The molecular weight excluding hydrogens is 358 g/mol. The highest BCUT2D eigenvalue weighted by molar-refractivity contribution is 6.44. The molecule has 0 atom stereocenters. The van der Waals surface area contributed by atoms with Gasteiger partial charge in [0.15, 0.2) is 5.76 Å². The number of aryl methyl sites for hydroxylation is 2. The van der Waals surface area contributed by atoms with Crippen molar-refractivity contribution in [2.45, 2.75) is 27.2 Å². The largest absolute Gasteiger partial charge is 0.502 e. The maximum Gasteiger partial charge on any atom is 0.338 e. The van der Waals surface area contributed by atoms with Crippen LogP contribution in [0.5, 0.6) is 0 Å². The van der Waals surface area contributed by atoms with E-state index in [1.807, 2.05) is 26.8 Å². The quantitative estimate of drug-likeness (QED) is 0.632. The van der Waals surface area contributed by atoms with Gasteiger partial charge in [0.25, 0.3) is 5.91 Å². The lowest BCUT2D eigenvalue weighted by molar-refractivity contribution is -0.121. The zero-order valence-corrected chi connectivity index (χ0v) is 16.0. The van der Waals surface area contributed by atoms with Gasteiger partial charge >= 0.3 is 11.9 Å². The summed E-state index contributed by atoms with van der Waals surface area (Å²) in [7, 11) is 0. The molecule has 2 aromatic rings. The number of aliphatic hydroxyl groups is 1. The predicted molar refractivity (Wildman–Crippen MR) is 105 cm³/mol. The Hall–Kier alpha value is -3.41. The van der Waals surface area contributed by atoms with E-state index < -0.39 is 23.5 Å². The third-order valence-electron chi connectivity index (χ3n) is 4.65. The van der Waals surface area contributed by atoms with Crippen molar-refractivity contribution in [1.82, 2.24) is 0 Å². The first-order chi connectivity index (χ1) is 13.3. The number of anilines is 1. The maximum absolute atomic E-state index is 12.9. The van der Waals surface area contributed by atoms with Crippen LogP contribution >= 0.6 is 0 Å². The van der Waals surface area contributed by atoms with Gasteiger partial charge in [0.05, 0.1) is 23.4 Å². The van der Waals surface area contributed by atoms with Gasteiger partial charge in [-0.2, -0.15) is 0 Å². The Morgan fingerprint density at radius 3 is 2.29 bits per heavy atom. The van der Waals surface area contributed by atoms with Gasteiger partial charge in [-0.3, -0.25) is 9.59 Å². The molecule has 1 aliphatic rings. The van der Waals surface area contributed by atoms with E-state index in [0.717, 1.165) is 16.0 Å². The molecule has 1 heterocycles. The van der Waals surface area contributed by atoms with Gasteiger partial charge in [-0.1, -0.05) is 25.1 Å². The molecule has 0 aliphatic carbocycles. The molecule has 1 N–H and O–H groups in total. The van der Waals surface area contributed by atoms with E-state index in [4.69, 9.17) is 4.74 Å². The Balaban J connectivity index is 1.89. The second-order valence-corrected chi connectivity index (χ2v) is 6.65. The number of hydrogen-bond donors (Lipinski definition) is 1. The Bertz CT molecular complexity index is 988.